The Labute approximate surface area is 112 Å². The van der Waals surface area contributed by atoms with Crippen molar-refractivity contribution < 1.29 is 4.74 Å². The van der Waals surface area contributed by atoms with Gasteiger partial charge in [-0.25, -0.2) is 0 Å². The molecule has 4 nitrogen and oxygen atoms in total. The Morgan fingerprint density at radius 3 is 2.94 bits per heavy atom. The minimum Gasteiger partial charge on any atom is -0.383 e. The molecule has 5 heteroatoms. The highest BCUT2D eigenvalue weighted by Gasteiger charge is 2.36. The molecular formula is C13H21N3OS. The van der Waals surface area contributed by atoms with Gasteiger partial charge in [-0.3, -0.25) is 0 Å². The second-order valence-electron chi connectivity index (χ2n) is 5.74. The Hall–Kier alpha value is -0.810. The maximum atomic E-state index is 6.03. The van der Waals surface area contributed by atoms with Crippen LogP contribution < -0.4 is 10.6 Å². The van der Waals surface area contributed by atoms with E-state index in [-0.39, 0.29) is 5.60 Å². The minimum atomic E-state index is -0.0299. The Bertz CT molecular complexity index is 443. The van der Waals surface area contributed by atoms with Crippen LogP contribution in [0.4, 0.5) is 10.8 Å². The van der Waals surface area contributed by atoms with Crippen LogP contribution >= 0.6 is 11.5 Å². The lowest BCUT2D eigenvalue weighted by Gasteiger charge is -2.40. The van der Waals surface area contributed by atoms with E-state index in [4.69, 9.17) is 10.5 Å². The maximum Gasteiger partial charge on any atom is 0.142 e. The number of nitrogens with zero attached hydrogens (tertiary/aromatic N) is 2. The van der Waals surface area contributed by atoms with Crippen molar-refractivity contribution in [3.63, 3.8) is 0 Å². The number of rotatable bonds is 3. The monoisotopic (exact) mass is 267 g/mol. The predicted molar refractivity (Wildman–Crippen MR) is 75.4 cm³/mol. The molecule has 1 aliphatic heterocycles. The van der Waals surface area contributed by atoms with Crippen LogP contribution in [0.25, 0.3) is 0 Å². The van der Waals surface area contributed by atoms with Crippen LogP contribution in [0.1, 0.15) is 44.1 Å². The van der Waals surface area contributed by atoms with Crippen LogP contribution in [0.15, 0.2) is 0 Å². The molecule has 0 radical (unpaired) electrons. The molecule has 2 N–H and O–H groups in total. The fourth-order valence-electron chi connectivity index (χ4n) is 2.83. The van der Waals surface area contributed by atoms with E-state index in [0.29, 0.717) is 5.92 Å². The summed E-state index contributed by atoms with van der Waals surface area (Å²) in [5.74, 6) is 1.41. The van der Waals surface area contributed by atoms with Crippen LogP contribution in [0.2, 0.25) is 0 Å². The highest BCUT2D eigenvalue weighted by molar-refractivity contribution is 7.10. The zero-order chi connectivity index (χ0) is 12.8. The molecule has 1 aliphatic carbocycles. The molecular weight excluding hydrogens is 246 g/mol. The van der Waals surface area contributed by atoms with Gasteiger partial charge in [0.05, 0.1) is 5.60 Å². The van der Waals surface area contributed by atoms with Crippen molar-refractivity contribution >= 4 is 22.4 Å². The molecule has 18 heavy (non-hydrogen) atoms. The Morgan fingerprint density at radius 1 is 1.50 bits per heavy atom. The van der Waals surface area contributed by atoms with E-state index < -0.39 is 0 Å². The highest BCUT2D eigenvalue weighted by atomic mass is 32.1. The van der Waals surface area contributed by atoms with Gasteiger partial charge < -0.3 is 15.4 Å². The van der Waals surface area contributed by atoms with Crippen LogP contribution in [0, 0.1) is 0 Å². The van der Waals surface area contributed by atoms with E-state index in [1.165, 1.54) is 29.8 Å². The van der Waals surface area contributed by atoms with E-state index in [1.54, 1.807) is 11.5 Å². The smallest absolute Gasteiger partial charge is 0.142 e. The molecule has 0 amide bonds. The van der Waals surface area contributed by atoms with E-state index in [9.17, 15) is 0 Å². The first-order valence-corrected chi connectivity index (χ1v) is 7.45. The van der Waals surface area contributed by atoms with Gasteiger partial charge in [0, 0.05) is 25.8 Å². The standard InChI is InChI=1S/C13H21N3OS/c1-13(17-2)6-3-7-16(8-13)12-10(9-4-5-9)11(14)15-18-12/h9H,3-8H2,1-2H3,(H2,14,15). The molecule has 3 rings (SSSR count). The second kappa shape index (κ2) is 4.38. The lowest BCUT2D eigenvalue weighted by Crippen LogP contribution is -2.47. The maximum absolute atomic E-state index is 6.03. The fourth-order valence-corrected chi connectivity index (χ4v) is 3.75. The molecule has 0 aromatic carbocycles. The van der Waals surface area contributed by atoms with Gasteiger partial charge in [-0.2, -0.15) is 4.37 Å². The van der Waals surface area contributed by atoms with Gasteiger partial charge in [-0.05, 0) is 50.1 Å². The van der Waals surface area contributed by atoms with E-state index in [2.05, 4.69) is 16.2 Å². The van der Waals surface area contributed by atoms with Crippen molar-refractivity contribution in [1.29, 1.82) is 0 Å². The summed E-state index contributed by atoms with van der Waals surface area (Å²) >= 11 is 1.56. The largest absolute Gasteiger partial charge is 0.383 e. The molecule has 1 unspecified atom stereocenters. The summed E-state index contributed by atoms with van der Waals surface area (Å²) < 4.78 is 10.0. The van der Waals surface area contributed by atoms with Crippen LogP contribution in [-0.4, -0.2) is 30.2 Å². The third kappa shape index (κ3) is 2.10. The zero-order valence-electron chi connectivity index (χ0n) is 11.1. The number of hydrogen-bond donors (Lipinski definition) is 1. The zero-order valence-corrected chi connectivity index (χ0v) is 11.9. The van der Waals surface area contributed by atoms with Gasteiger partial charge in [-0.15, -0.1) is 0 Å². The molecule has 2 heterocycles. The van der Waals surface area contributed by atoms with Crippen molar-refractivity contribution in [3.05, 3.63) is 5.56 Å². The number of ether oxygens (including phenoxy) is 1. The van der Waals surface area contributed by atoms with Gasteiger partial charge in [0.15, 0.2) is 0 Å². The summed E-state index contributed by atoms with van der Waals surface area (Å²) in [7, 11) is 1.81. The van der Waals surface area contributed by atoms with Crippen molar-refractivity contribution in [3.8, 4) is 0 Å². The van der Waals surface area contributed by atoms with Crippen LogP contribution in [0.5, 0.6) is 0 Å². The molecule has 2 aliphatic rings. The van der Waals surface area contributed by atoms with Gasteiger partial charge in [0.1, 0.15) is 10.8 Å². The predicted octanol–water partition coefficient (Wildman–Crippen LogP) is 2.61. The number of aromatic nitrogens is 1. The summed E-state index contributed by atoms with van der Waals surface area (Å²) in [6.45, 7) is 4.24. The van der Waals surface area contributed by atoms with Gasteiger partial charge in [0.2, 0.25) is 0 Å². The molecule has 1 saturated heterocycles. The van der Waals surface area contributed by atoms with Crippen LogP contribution in [0.3, 0.4) is 0 Å². The number of hydrogen-bond acceptors (Lipinski definition) is 5. The third-order valence-corrected chi connectivity index (χ3v) is 5.10. The quantitative estimate of drug-likeness (QED) is 0.914. The van der Waals surface area contributed by atoms with Crippen molar-refractivity contribution in [2.75, 3.05) is 30.8 Å². The van der Waals surface area contributed by atoms with Gasteiger partial charge in [0.25, 0.3) is 0 Å². The molecule has 1 aromatic rings. The first kappa shape index (κ1) is 12.2. The summed E-state index contributed by atoms with van der Waals surface area (Å²) in [5.41, 5.74) is 7.31. The number of methoxy groups -OCH3 is 1. The number of nitrogen functional groups attached to an aromatic ring is 1. The molecule has 100 valence electrons. The average molecular weight is 267 g/mol. The number of anilines is 2. The molecule has 1 aromatic heterocycles. The minimum absolute atomic E-state index is 0.0299. The van der Waals surface area contributed by atoms with Gasteiger partial charge >= 0.3 is 0 Å². The third-order valence-electron chi connectivity index (χ3n) is 4.16. The molecule has 1 atom stereocenters. The van der Waals surface area contributed by atoms with Crippen molar-refractivity contribution in [1.82, 2.24) is 4.37 Å². The van der Waals surface area contributed by atoms with E-state index in [1.807, 2.05) is 7.11 Å². The topological polar surface area (TPSA) is 51.4 Å². The average Bonchev–Trinajstić information content (AvgIpc) is 3.13. The van der Waals surface area contributed by atoms with Gasteiger partial charge in [-0.1, -0.05) is 0 Å². The molecule has 0 spiro atoms. The molecule has 2 fully saturated rings. The Kier molecular flexibility index (Phi) is 2.98. The SMILES string of the molecule is COC1(C)CCCN(c2snc(N)c2C2CC2)C1. The number of nitrogens with two attached hydrogens (primary N) is 1. The lowest BCUT2D eigenvalue weighted by molar-refractivity contribution is -0.00454. The van der Waals surface area contributed by atoms with Crippen molar-refractivity contribution in [2.24, 2.45) is 0 Å². The Morgan fingerprint density at radius 2 is 2.28 bits per heavy atom. The molecule has 0 bridgehead atoms. The number of piperidine rings is 1. The van der Waals surface area contributed by atoms with E-state index >= 15 is 0 Å². The normalized spacial score (nSPS) is 28.7. The summed E-state index contributed by atoms with van der Waals surface area (Å²) in [5, 5.41) is 1.29. The first-order valence-electron chi connectivity index (χ1n) is 6.68. The molecule has 1 saturated carbocycles. The summed E-state index contributed by atoms with van der Waals surface area (Å²) in [6.07, 6.45) is 4.84. The van der Waals surface area contributed by atoms with Crippen LogP contribution in [-0.2, 0) is 4.74 Å². The first-order chi connectivity index (χ1) is 8.63. The second-order valence-corrected chi connectivity index (χ2v) is 6.49. The van der Waals surface area contributed by atoms with E-state index in [0.717, 1.165) is 25.3 Å². The van der Waals surface area contributed by atoms with Crippen molar-refractivity contribution in [2.45, 2.75) is 44.1 Å². The summed E-state index contributed by atoms with van der Waals surface area (Å²) in [6, 6.07) is 0. The highest BCUT2D eigenvalue weighted by Crippen LogP contribution is 2.49. The Balaban J connectivity index is 1.86. The summed E-state index contributed by atoms with van der Waals surface area (Å²) in [4.78, 5) is 2.43. The fraction of sp³-hybridized carbons (Fsp3) is 0.769. The lowest BCUT2D eigenvalue weighted by atomic mass is 9.94.